The van der Waals surface area contributed by atoms with Crippen molar-refractivity contribution < 1.29 is 4.79 Å². The summed E-state index contributed by atoms with van der Waals surface area (Å²) in [5.41, 5.74) is 3.22. The first-order chi connectivity index (χ1) is 16.5. The van der Waals surface area contributed by atoms with Crippen molar-refractivity contribution in [2.75, 3.05) is 27.2 Å². The molecule has 8 heteroatoms. The molecule has 0 bridgehead atoms. The summed E-state index contributed by atoms with van der Waals surface area (Å²) in [6.07, 6.45) is 6.64. The van der Waals surface area contributed by atoms with E-state index in [1.54, 1.807) is 11.3 Å². The summed E-state index contributed by atoms with van der Waals surface area (Å²) in [6, 6.07) is 12.0. The van der Waals surface area contributed by atoms with Gasteiger partial charge in [-0.05, 0) is 73.7 Å². The molecule has 2 aromatic heterocycles. The second-order valence-corrected chi connectivity index (χ2v) is 10.2. The lowest BCUT2D eigenvalue weighted by atomic mass is 10.1. The number of hydrogen-bond acceptors (Lipinski definition) is 5. The van der Waals surface area contributed by atoms with E-state index in [-0.39, 0.29) is 11.9 Å². The van der Waals surface area contributed by atoms with Crippen molar-refractivity contribution >= 4 is 34.6 Å². The lowest BCUT2D eigenvalue weighted by Gasteiger charge is -2.42. The van der Waals surface area contributed by atoms with Gasteiger partial charge < -0.3 is 14.8 Å². The number of unbranched alkanes of at least 4 members (excludes halogenated alkanes) is 3. The average molecular weight is 496 g/mol. The first-order valence-corrected chi connectivity index (χ1v) is 13.2. The van der Waals surface area contributed by atoms with Gasteiger partial charge in [0.25, 0.3) is 0 Å². The Labute approximate surface area is 211 Å². The molecule has 3 aromatic rings. The zero-order valence-electron chi connectivity index (χ0n) is 19.9. The quantitative estimate of drug-likeness (QED) is 0.288. The average Bonchev–Trinajstić information content (AvgIpc) is 3.52. The number of nitrogens with one attached hydrogen (secondary N) is 1. The number of amides is 1. The first kappa shape index (κ1) is 24.6. The van der Waals surface area contributed by atoms with Crippen molar-refractivity contribution in [2.45, 2.75) is 44.7 Å². The van der Waals surface area contributed by atoms with Crippen LogP contribution in [0.2, 0.25) is 0 Å². The van der Waals surface area contributed by atoms with Gasteiger partial charge in [-0.15, -0.1) is 0 Å². The second kappa shape index (κ2) is 11.7. The Kier molecular flexibility index (Phi) is 8.48. The zero-order valence-corrected chi connectivity index (χ0v) is 21.6. The van der Waals surface area contributed by atoms with Crippen LogP contribution in [0.5, 0.6) is 0 Å². The van der Waals surface area contributed by atoms with Crippen molar-refractivity contribution in [3.05, 3.63) is 64.7 Å². The van der Waals surface area contributed by atoms with Crippen LogP contribution >= 0.6 is 23.6 Å². The monoisotopic (exact) mass is 495 g/mol. The second-order valence-electron chi connectivity index (χ2n) is 9.07. The van der Waals surface area contributed by atoms with Crippen molar-refractivity contribution in [1.29, 1.82) is 0 Å². The standard InChI is InChI=1S/C26H33N5OS2/c1-29(2)13-8-3-4-9-14-30-24(32)16-23(31(26(30)33)18-20-12-15-34-19-20)25-27-17-22(28-25)21-10-6-5-7-11-21/h5-7,10-12,15,17,19,23H,3-4,8-9,13-14,16,18H2,1-2H3,(H,27,28). The van der Waals surface area contributed by atoms with Gasteiger partial charge in [0.05, 0.1) is 24.4 Å². The van der Waals surface area contributed by atoms with Gasteiger partial charge in [0.2, 0.25) is 5.91 Å². The number of benzene rings is 1. The van der Waals surface area contributed by atoms with E-state index in [0.717, 1.165) is 36.5 Å². The Morgan fingerprint density at radius 1 is 1.15 bits per heavy atom. The van der Waals surface area contributed by atoms with Crippen molar-refractivity contribution in [3.63, 3.8) is 0 Å². The van der Waals surface area contributed by atoms with Crippen LogP contribution in [0.15, 0.2) is 53.4 Å². The molecule has 1 aliphatic heterocycles. The van der Waals surface area contributed by atoms with Crippen LogP contribution in [0.3, 0.4) is 0 Å². The van der Waals surface area contributed by atoms with Gasteiger partial charge in [-0.3, -0.25) is 9.69 Å². The van der Waals surface area contributed by atoms with Crippen LogP contribution in [0.1, 0.15) is 49.5 Å². The minimum Gasteiger partial charge on any atom is -0.340 e. The van der Waals surface area contributed by atoms with Gasteiger partial charge in [-0.2, -0.15) is 11.3 Å². The Balaban J connectivity index is 1.47. The summed E-state index contributed by atoms with van der Waals surface area (Å²) >= 11 is 7.57. The molecular weight excluding hydrogens is 462 g/mol. The molecule has 0 saturated carbocycles. The summed E-state index contributed by atoms with van der Waals surface area (Å²) in [7, 11) is 4.20. The predicted octanol–water partition coefficient (Wildman–Crippen LogP) is 5.32. The fourth-order valence-corrected chi connectivity index (χ4v) is 5.37. The summed E-state index contributed by atoms with van der Waals surface area (Å²) in [5, 5.41) is 4.83. The molecule has 1 unspecified atom stereocenters. The Hall–Kier alpha value is -2.55. The molecule has 1 fully saturated rings. The van der Waals surface area contributed by atoms with Gasteiger partial charge in [-0.25, -0.2) is 4.98 Å². The Bertz CT molecular complexity index is 1060. The SMILES string of the molecule is CN(C)CCCCCCN1C(=O)CC(c2ncc(-c3ccccc3)[nH]2)N(Cc2ccsc2)C1=S. The lowest BCUT2D eigenvalue weighted by Crippen LogP contribution is -2.53. The Morgan fingerprint density at radius 3 is 2.68 bits per heavy atom. The molecule has 6 nitrogen and oxygen atoms in total. The third kappa shape index (κ3) is 6.11. The van der Waals surface area contributed by atoms with Gasteiger partial charge in [0, 0.05) is 13.1 Å². The number of thiocarbonyl (C=S) groups is 1. The highest BCUT2D eigenvalue weighted by molar-refractivity contribution is 7.80. The molecular formula is C26H33N5OS2. The number of hydrogen-bond donors (Lipinski definition) is 1. The van der Waals surface area contributed by atoms with E-state index in [0.29, 0.717) is 24.6 Å². The number of nitrogens with zero attached hydrogens (tertiary/aromatic N) is 4. The maximum Gasteiger partial charge on any atom is 0.231 e. The van der Waals surface area contributed by atoms with E-state index >= 15 is 0 Å². The molecule has 3 heterocycles. The molecule has 4 rings (SSSR count). The number of aromatic nitrogens is 2. The molecule has 34 heavy (non-hydrogen) atoms. The van der Waals surface area contributed by atoms with Crippen LogP contribution in [0, 0.1) is 0 Å². The molecule has 1 amide bonds. The highest BCUT2D eigenvalue weighted by Gasteiger charge is 2.38. The molecule has 0 spiro atoms. The van der Waals surface area contributed by atoms with E-state index in [1.165, 1.54) is 18.4 Å². The lowest BCUT2D eigenvalue weighted by molar-refractivity contribution is -0.131. The number of H-pyrrole nitrogens is 1. The molecule has 1 aromatic carbocycles. The molecule has 1 aliphatic rings. The minimum atomic E-state index is -0.200. The number of carbonyl (C=O) groups is 1. The summed E-state index contributed by atoms with van der Waals surface area (Å²) in [4.78, 5) is 27.5. The van der Waals surface area contributed by atoms with Crippen LogP contribution in [-0.4, -0.2) is 62.9 Å². The van der Waals surface area contributed by atoms with E-state index in [2.05, 4.69) is 62.8 Å². The van der Waals surface area contributed by atoms with Crippen molar-refractivity contribution in [1.82, 2.24) is 24.7 Å². The number of aromatic amines is 1. The van der Waals surface area contributed by atoms with Crippen LogP contribution in [0.25, 0.3) is 11.3 Å². The highest BCUT2D eigenvalue weighted by atomic mass is 32.1. The van der Waals surface area contributed by atoms with Crippen LogP contribution in [0.4, 0.5) is 0 Å². The molecule has 0 aliphatic carbocycles. The minimum absolute atomic E-state index is 0.0857. The van der Waals surface area contributed by atoms with Gasteiger partial charge in [0.1, 0.15) is 5.82 Å². The third-order valence-electron chi connectivity index (χ3n) is 6.19. The summed E-state index contributed by atoms with van der Waals surface area (Å²) in [6.45, 7) is 2.45. The fraction of sp³-hybridized carbons (Fsp3) is 0.423. The number of imidazole rings is 1. The molecule has 1 saturated heterocycles. The number of carbonyl (C=O) groups excluding carboxylic acids is 1. The predicted molar refractivity (Wildman–Crippen MR) is 143 cm³/mol. The van der Waals surface area contributed by atoms with E-state index in [9.17, 15) is 4.79 Å². The van der Waals surface area contributed by atoms with Crippen LogP contribution in [-0.2, 0) is 11.3 Å². The number of rotatable bonds is 11. The smallest absolute Gasteiger partial charge is 0.231 e. The highest BCUT2D eigenvalue weighted by Crippen LogP contribution is 2.32. The fourth-order valence-electron chi connectivity index (χ4n) is 4.32. The van der Waals surface area contributed by atoms with Crippen LogP contribution < -0.4 is 0 Å². The summed E-state index contributed by atoms with van der Waals surface area (Å²) < 4.78 is 0. The van der Waals surface area contributed by atoms with E-state index in [4.69, 9.17) is 12.2 Å². The Morgan fingerprint density at radius 2 is 1.94 bits per heavy atom. The normalized spacial score (nSPS) is 16.6. The molecule has 180 valence electrons. The zero-order chi connectivity index (χ0) is 23.9. The molecule has 0 radical (unpaired) electrons. The van der Waals surface area contributed by atoms with Gasteiger partial charge in [0.15, 0.2) is 5.11 Å². The maximum absolute atomic E-state index is 13.2. The number of thiophene rings is 1. The largest absolute Gasteiger partial charge is 0.340 e. The topological polar surface area (TPSA) is 55.5 Å². The third-order valence-corrected chi connectivity index (χ3v) is 7.37. The molecule has 1 atom stereocenters. The van der Waals surface area contributed by atoms with Gasteiger partial charge in [-0.1, -0.05) is 43.2 Å². The van der Waals surface area contributed by atoms with E-state index < -0.39 is 0 Å². The summed E-state index contributed by atoms with van der Waals surface area (Å²) in [5.74, 6) is 0.871. The van der Waals surface area contributed by atoms with Gasteiger partial charge >= 0.3 is 0 Å². The van der Waals surface area contributed by atoms with Crippen molar-refractivity contribution in [2.24, 2.45) is 0 Å². The molecule has 1 N–H and O–H groups in total. The van der Waals surface area contributed by atoms with E-state index in [1.807, 2.05) is 29.3 Å². The first-order valence-electron chi connectivity index (χ1n) is 11.9. The van der Waals surface area contributed by atoms with Crippen molar-refractivity contribution in [3.8, 4) is 11.3 Å². The maximum atomic E-state index is 13.2.